The molecule has 2 heterocycles. The maximum absolute atomic E-state index is 12.4. The third kappa shape index (κ3) is 1.75. The zero-order chi connectivity index (χ0) is 13.4. The van der Waals surface area contributed by atoms with Crippen LogP contribution in [-0.2, 0) is 0 Å². The van der Waals surface area contributed by atoms with E-state index in [0.717, 1.165) is 0 Å². The molecule has 96 valence electrons. The third-order valence-corrected chi connectivity index (χ3v) is 3.11. The average molecular weight is 274 g/mol. The van der Waals surface area contributed by atoms with Crippen LogP contribution in [0.1, 0.15) is 0 Å². The van der Waals surface area contributed by atoms with Crippen molar-refractivity contribution in [2.75, 3.05) is 7.11 Å². The zero-order valence-corrected chi connectivity index (χ0v) is 10.8. The van der Waals surface area contributed by atoms with E-state index in [0.29, 0.717) is 16.2 Å². The van der Waals surface area contributed by atoms with Crippen molar-refractivity contribution in [2.24, 2.45) is 0 Å². The molecule has 0 aliphatic rings. The van der Waals surface area contributed by atoms with Gasteiger partial charge in [-0.15, -0.1) is 5.10 Å². The Balaban J connectivity index is 2.35. The molecule has 3 rings (SSSR count). The maximum atomic E-state index is 12.4. The Kier molecular flexibility index (Phi) is 2.68. The Morgan fingerprint density at radius 3 is 2.89 bits per heavy atom. The lowest BCUT2D eigenvalue weighted by Crippen LogP contribution is -2.20. The molecule has 0 amide bonds. The molecule has 0 spiro atoms. The van der Waals surface area contributed by atoms with E-state index in [-0.39, 0.29) is 11.2 Å². The Morgan fingerprint density at radius 2 is 2.11 bits per heavy atom. The summed E-state index contributed by atoms with van der Waals surface area (Å²) < 4.78 is 8.65. The number of para-hydroxylation sites is 2. The van der Waals surface area contributed by atoms with Crippen LogP contribution in [0.3, 0.4) is 0 Å². The topological polar surface area (TPSA) is 64.3 Å². The fourth-order valence-corrected chi connectivity index (χ4v) is 2.11. The number of H-pyrrole nitrogens is 1. The van der Waals surface area contributed by atoms with Crippen LogP contribution in [0, 0.1) is 4.77 Å². The summed E-state index contributed by atoms with van der Waals surface area (Å²) in [6, 6.07) is 7.28. The van der Waals surface area contributed by atoms with Gasteiger partial charge >= 0.3 is 5.56 Å². The van der Waals surface area contributed by atoms with E-state index in [1.54, 1.807) is 31.6 Å². The predicted octanol–water partition coefficient (Wildman–Crippen LogP) is 1.55. The Bertz CT molecular complexity index is 862. The molecular weight excluding hydrogens is 264 g/mol. The van der Waals surface area contributed by atoms with Crippen molar-refractivity contribution in [1.29, 1.82) is 0 Å². The Labute approximate surface area is 112 Å². The summed E-state index contributed by atoms with van der Waals surface area (Å²) in [4.78, 5) is 12.4. The summed E-state index contributed by atoms with van der Waals surface area (Å²) in [7, 11) is 1.56. The summed E-state index contributed by atoms with van der Waals surface area (Å²) in [5, 5.41) is 6.53. The second-order valence-electron chi connectivity index (χ2n) is 3.87. The number of hydrogen-bond acceptors (Lipinski definition) is 4. The molecule has 0 fully saturated rings. The van der Waals surface area contributed by atoms with E-state index in [1.165, 1.54) is 8.97 Å². The van der Waals surface area contributed by atoms with E-state index < -0.39 is 0 Å². The van der Waals surface area contributed by atoms with Gasteiger partial charge in [-0.1, -0.05) is 12.1 Å². The molecule has 0 saturated heterocycles. The average Bonchev–Trinajstić information content (AvgIpc) is 2.82. The molecule has 0 bridgehead atoms. The normalized spacial score (nSPS) is 10.8. The molecule has 19 heavy (non-hydrogen) atoms. The molecular formula is C12H10N4O2S. The van der Waals surface area contributed by atoms with Crippen LogP contribution < -0.4 is 10.3 Å². The molecule has 1 N–H and O–H groups in total. The van der Waals surface area contributed by atoms with E-state index in [9.17, 15) is 4.79 Å². The number of benzene rings is 1. The summed E-state index contributed by atoms with van der Waals surface area (Å²) >= 11 is 5.03. The van der Waals surface area contributed by atoms with Crippen LogP contribution >= 0.6 is 12.2 Å². The fourth-order valence-electron chi connectivity index (χ4n) is 1.92. The SMILES string of the molecule is COc1ccccc1-n1ccn2c(=S)[nH]nc2c1=O. The maximum Gasteiger partial charge on any atom is 0.300 e. The number of rotatable bonds is 2. The van der Waals surface area contributed by atoms with Crippen LogP contribution in [-0.4, -0.2) is 26.3 Å². The van der Waals surface area contributed by atoms with E-state index in [4.69, 9.17) is 17.0 Å². The van der Waals surface area contributed by atoms with Gasteiger partial charge in [-0.05, 0) is 24.4 Å². The standard InChI is InChI=1S/C12H10N4O2S/c1-18-9-5-3-2-4-8(9)15-6-7-16-10(11(15)17)13-14-12(16)19/h2-7H,1H3,(H,14,19). The molecule has 3 aromatic rings. The van der Waals surface area contributed by atoms with Crippen molar-refractivity contribution in [3.8, 4) is 11.4 Å². The third-order valence-electron chi connectivity index (χ3n) is 2.82. The molecule has 6 nitrogen and oxygen atoms in total. The number of ether oxygens (including phenoxy) is 1. The van der Waals surface area contributed by atoms with Crippen LogP contribution in [0.25, 0.3) is 11.3 Å². The summed E-state index contributed by atoms with van der Waals surface area (Å²) in [6.45, 7) is 0. The Morgan fingerprint density at radius 1 is 1.32 bits per heavy atom. The minimum absolute atomic E-state index is 0.249. The number of hydrogen-bond donors (Lipinski definition) is 1. The number of aromatic nitrogens is 4. The van der Waals surface area contributed by atoms with E-state index in [2.05, 4.69) is 10.2 Å². The second kappa shape index (κ2) is 4.36. The van der Waals surface area contributed by atoms with Gasteiger partial charge in [0.05, 0.1) is 12.8 Å². The van der Waals surface area contributed by atoms with Crippen LogP contribution in [0.2, 0.25) is 0 Å². The molecule has 0 radical (unpaired) electrons. The zero-order valence-electron chi connectivity index (χ0n) is 10.0. The monoisotopic (exact) mass is 274 g/mol. The first-order chi connectivity index (χ1) is 9.22. The number of aromatic amines is 1. The highest BCUT2D eigenvalue weighted by atomic mass is 32.1. The van der Waals surface area contributed by atoms with Crippen LogP contribution in [0.4, 0.5) is 0 Å². The highest BCUT2D eigenvalue weighted by molar-refractivity contribution is 7.71. The molecule has 0 atom stereocenters. The summed E-state index contributed by atoms with van der Waals surface area (Å²) in [5.74, 6) is 0.614. The van der Waals surface area contributed by atoms with E-state index >= 15 is 0 Å². The number of methoxy groups -OCH3 is 1. The van der Waals surface area contributed by atoms with Gasteiger partial charge in [-0.3, -0.25) is 18.9 Å². The van der Waals surface area contributed by atoms with E-state index in [1.807, 2.05) is 12.1 Å². The predicted molar refractivity (Wildman–Crippen MR) is 72.5 cm³/mol. The van der Waals surface area contributed by atoms with Crippen molar-refractivity contribution in [1.82, 2.24) is 19.2 Å². The van der Waals surface area contributed by atoms with Gasteiger partial charge in [0, 0.05) is 12.4 Å². The van der Waals surface area contributed by atoms with Crippen molar-refractivity contribution in [2.45, 2.75) is 0 Å². The van der Waals surface area contributed by atoms with Crippen LogP contribution in [0.15, 0.2) is 41.5 Å². The first kappa shape index (κ1) is 11.7. The molecule has 0 saturated carbocycles. The lowest BCUT2D eigenvalue weighted by Gasteiger charge is -2.10. The highest BCUT2D eigenvalue weighted by Crippen LogP contribution is 2.20. The lowest BCUT2D eigenvalue weighted by atomic mass is 10.3. The second-order valence-corrected chi connectivity index (χ2v) is 4.25. The van der Waals surface area contributed by atoms with Crippen molar-refractivity contribution < 1.29 is 4.74 Å². The number of fused-ring (bicyclic) bond motifs is 1. The largest absolute Gasteiger partial charge is 0.495 e. The number of nitrogens with zero attached hydrogens (tertiary/aromatic N) is 3. The fraction of sp³-hybridized carbons (Fsp3) is 0.0833. The molecule has 7 heteroatoms. The first-order valence-corrected chi connectivity index (χ1v) is 5.95. The van der Waals surface area contributed by atoms with Gasteiger partial charge < -0.3 is 4.74 Å². The lowest BCUT2D eigenvalue weighted by molar-refractivity contribution is 0.412. The molecule has 0 aliphatic heterocycles. The van der Waals surface area contributed by atoms with Crippen molar-refractivity contribution >= 4 is 17.9 Å². The minimum atomic E-state index is -0.264. The molecule has 0 unspecified atom stereocenters. The molecule has 1 aromatic carbocycles. The van der Waals surface area contributed by atoms with Gasteiger partial charge in [0.15, 0.2) is 4.77 Å². The Hall–Kier alpha value is -2.41. The van der Waals surface area contributed by atoms with Crippen molar-refractivity contribution in [3.63, 3.8) is 0 Å². The molecule has 0 aliphatic carbocycles. The summed E-state index contributed by atoms with van der Waals surface area (Å²) in [6.07, 6.45) is 3.33. The van der Waals surface area contributed by atoms with Crippen LogP contribution in [0.5, 0.6) is 5.75 Å². The quantitative estimate of drug-likeness (QED) is 0.720. The van der Waals surface area contributed by atoms with Gasteiger partial charge in [0.1, 0.15) is 5.75 Å². The molecule has 2 aromatic heterocycles. The number of nitrogens with one attached hydrogen (secondary N) is 1. The van der Waals surface area contributed by atoms with Gasteiger partial charge in [0.2, 0.25) is 5.65 Å². The van der Waals surface area contributed by atoms with Gasteiger partial charge in [-0.25, -0.2) is 0 Å². The highest BCUT2D eigenvalue weighted by Gasteiger charge is 2.10. The summed E-state index contributed by atoms with van der Waals surface area (Å²) in [5.41, 5.74) is 0.643. The van der Waals surface area contributed by atoms with Gasteiger partial charge in [0.25, 0.3) is 0 Å². The first-order valence-electron chi connectivity index (χ1n) is 5.54. The smallest absolute Gasteiger partial charge is 0.300 e. The minimum Gasteiger partial charge on any atom is -0.495 e. The van der Waals surface area contributed by atoms with Gasteiger partial charge in [-0.2, -0.15) is 0 Å². The van der Waals surface area contributed by atoms with Crippen molar-refractivity contribution in [3.05, 3.63) is 51.8 Å².